The third-order valence-electron chi connectivity index (χ3n) is 3.83. The number of fused-ring (bicyclic) bond motifs is 1. The van der Waals surface area contributed by atoms with Crippen LogP contribution in [0.25, 0.3) is 10.8 Å². The molecule has 1 saturated heterocycles. The normalized spacial score (nSPS) is 19.5. The molecule has 0 amide bonds. The van der Waals surface area contributed by atoms with E-state index in [9.17, 15) is 0 Å². The lowest BCUT2D eigenvalue weighted by Crippen LogP contribution is -2.10. The van der Waals surface area contributed by atoms with Crippen molar-refractivity contribution in [3.05, 3.63) is 47.5 Å². The van der Waals surface area contributed by atoms with E-state index in [0.29, 0.717) is 12.5 Å². The van der Waals surface area contributed by atoms with Gasteiger partial charge in [-0.3, -0.25) is 0 Å². The smallest absolute Gasteiger partial charge is 0.0716 e. The molecule has 0 radical (unpaired) electrons. The fourth-order valence-electron chi connectivity index (χ4n) is 3.01. The van der Waals surface area contributed by atoms with E-state index in [-0.39, 0.29) is 0 Å². The number of methoxy groups -OCH3 is 1. The van der Waals surface area contributed by atoms with Crippen LogP contribution in [0, 0.1) is 0 Å². The molecule has 1 aliphatic heterocycles. The lowest BCUT2D eigenvalue weighted by atomic mass is 9.89. The van der Waals surface area contributed by atoms with Crippen molar-refractivity contribution in [3.8, 4) is 0 Å². The molecule has 18 heavy (non-hydrogen) atoms. The minimum Gasteiger partial charge on any atom is -0.380 e. The van der Waals surface area contributed by atoms with E-state index < -0.39 is 0 Å². The second kappa shape index (κ2) is 5.09. The van der Waals surface area contributed by atoms with Gasteiger partial charge in [0.2, 0.25) is 0 Å². The Balaban J connectivity index is 2.17. The van der Waals surface area contributed by atoms with Crippen molar-refractivity contribution in [1.29, 1.82) is 0 Å². The Morgan fingerprint density at radius 1 is 1.22 bits per heavy atom. The second-order valence-electron chi connectivity index (χ2n) is 4.98. The van der Waals surface area contributed by atoms with Crippen LogP contribution in [0.2, 0.25) is 0 Å². The maximum absolute atomic E-state index is 5.36. The van der Waals surface area contributed by atoms with Gasteiger partial charge in [-0.1, -0.05) is 36.4 Å². The zero-order chi connectivity index (χ0) is 12.4. The Morgan fingerprint density at radius 2 is 2.11 bits per heavy atom. The molecule has 1 aliphatic rings. The average molecular weight is 241 g/mol. The maximum Gasteiger partial charge on any atom is 0.0716 e. The summed E-state index contributed by atoms with van der Waals surface area (Å²) in [5.41, 5.74) is 2.82. The molecule has 1 heterocycles. The number of nitrogens with one attached hydrogen (secondary N) is 1. The number of hydrogen-bond donors (Lipinski definition) is 1. The highest BCUT2D eigenvalue weighted by atomic mass is 16.5. The van der Waals surface area contributed by atoms with Gasteiger partial charge in [-0.25, -0.2) is 0 Å². The first-order valence-corrected chi connectivity index (χ1v) is 6.60. The fourth-order valence-corrected chi connectivity index (χ4v) is 3.01. The maximum atomic E-state index is 5.36. The fraction of sp³-hybridized carbons (Fsp3) is 0.375. The van der Waals surface area contributed by atoms with Crippen molar-refractivity contribution in [2.45, 2.75) is 18.9 Å². The first-order chi connectivity index (χ1) is 8.90. The number of ether oxygens (including phenoxy) is 1. The molecule has 1 atom stereocenters. The van der Waals surface area contributed by atoms with E-state index in [4.69, 9.17) is 4.74 Å². The molecule has 0 aromatic heterocycles. The molecule has 0 aliphatic carbocycles. The molecule has 2 aromatic carbocycles. The van der Waals surface area contributed by atoms with E-state index >= 15 is 0 Å². The van der Waals surface area contributed by atoms with Crippen LogP contribution in [0.3, 0.4) is 0 Å². The summed E-state index contributed by atoms with van der Waals surface area (Å²) in [5, 5.41) is 6.19. The third-order valence-corrected chi connectivity index (χ3v) is 3.83. The van der Waals surface area contributed by atoms with Crippen molar-refractivity contribution >= 4 is 10.8 Å². The minimum atomic E-state index is 0.626. The largest absolute Gasteiger partial charge is 0.380 e. The molecule has 1 fully saturated rings. The first kappa shape index (κ1) is 11.7. The Labute approximate surface area is 108 Å². The molecule has 0 bridgehead atoms. The summed E-state index contributed by atoms with van der Waals surface area (Å²) in [6.45, 7) is 2.92. The van der Waals surface area contributed by atoms with Gasteiger partial charge in [0.05, 0.1) is 6.61 Å². The number of hydrogen-bond acceptors (Lipinski definition) is 2. The molecule has 0 spiro atoms. The quantitative estimate of drug-likeness (QED) is 0.891. The predicted octanol–water partition coefficient (Wildman–Crippen LogP) is 3.06. The van der Waals surface area contributed by atoms with Gasteiger partial charge < -0.3 is 10.1 Å². The lowest BCUT2D eigenvalue weighted by Gasteiger charge is -2.17. The molecule has 2 heteroatoms. The molecule has 0 saturated carbocycles. The highest BCUT2D eigenvalue weighted by molar-refractivity contribution is 5.87. The average Bonchev–Trinajstić information content (AvgIpc) is 2.92. The molecular formula is C16H19NO. The summed E-state index contributed by atoms with van der Waals surface area (Å²) in [4.78, 5) is 0. The predicted molar refractivity (Wildman–Crippen MR) is 74.9 cm³/mol. The summed E-state index contributed by atoms with van der Waals surface area (Å²) in [7, 11) is 1.77. The Kier molecular flexibility index (Phi) is 3.31. The SMILES string of the molecule is COCc1ccc2ccccc2c1C1CCNC1. The van der Waals surface area contributed by atoms with Crippen molar-refractivity contribution in [2.24, 2.45) is 0 Å². The highest BCUT2D eigenvalue weighted by Gasteiger charge is 2.21. The molecular weight excluding hydrogens is 222 g/mol. The van der Waals surface area contributed by atoms with Crippen molar-refractivity contribution in [1.82, 2.24) is 5.32 Å². The van der Waals surface area contributed by atoms with Crippen LogP contribution in [0.5, 0.6) is 0 Å². The van der Waals surface area contributed by atoms with E-state index in [2.05, 4.69) is 41.7 Å². The van der Waals surface area contributed by atoms with Gasteiger partial charge in [0.1, 0.15) is 0 Å². The lowest BCUT2D eigenvalue weighted by molar-refractivity contribution is 0.184. The van der Waals surface area contributed by atoms with E-state index in [1.54, 1.807) is 7.11 Å². The van der Waals surface area contributed by atoms with E-state index in [1.165, 1.54) is 28.3 Å². The Bertz CT molecular complexity index is 544. The van der Waals surface area contributed by atoms with Gasteiger partial charge in [-0.15, -0.1) is 0 Å². The van der Waals surface area contributed by atoms with E-state index in [0.717, 1.165) is 13.1 Å². The summed E-state index contributed by atoms with van der Waals surface area (Å²) < 4.78 is 5.36. The van der Waals surface area contributed by atoms with Gasteiger partial charge in [-0.2, -0.15) is 0 Å². The standard InChI is InChI=1S/C16H19NO/c1-18-11-14-7-6-12-4-2-3-5-15(12)16(14)13-8-9-17-10-13/h2-7,13,17H,8-11H2,1H3. The van der Waals surface area contributed by atoms with Crippen molar-refractivity contribution in [3.63, 3.8) is 0 Å². The van der Waals surface area contributed by atoms with Gasteiger partial charge in [0, 0.05) is 13.7 Å². The third kappa shape index (κ3) is 2.02. The van der Waals surface area contributed by atoms with Crippen molar-refractivity contribution < 1.29 is 4.74 Å². The molecule has 2 aromatic rings. The van der Waals surface area contributed by atoms with Gasteiger partial charge in [-0.05, 0) is 40.8 Å². The molecule has 3 rings (SSSR count). The van der Waals surface area contributed by atoms with Gasteiger partial charge >= 0.3 is 0 Å². The summed E-state index contributed by atoms with van der Waals surface area (Å²) in [6.07, 6.45) is 1.23. The van der Waals surface area contributed by atoms with Crippen LogP contribution in [-0.4, -0.2) is 20.2 Å². The van der Waals surface area contributed by atoms with Crippen LogP contribution in [0.1, 0.15) is 23.5 Å². The van der Waals surface area contributed by atoms with Gasteiger partial charge in [0.25, 0.3) is 0 Å². The summed E-state index contributed by atoms with van der Waals surface area (Å²) in [6, 6.07) is 13.1. The molecule has 1 unspecified atom stereocenters. The second-order valence-corrected chi connectivity index (χ2v) is 4.98. The summed E-state index contributed by atoms with van der Waals surface area (Å²) in [5.74, 6) is 0.626. The first-order valence-electron chi connectivity index (χ1n) is 6.60. The minimum absolute atomic E-state index is 0.626. The molecule has 2 nitrogen and oxygen atoms in total. The van der Waals surface area contributed by atoms with E-state index in [1.807, 2.05) is 0 Å². The number of benzene rings is 2. The topological polar surface area (TPSA) is 21.3 Å². The number of rotatable bonds is 3. The zero-order valence-corrected chi connectivity index (χ0v) is 10.8. The zero-order valence-electron chi connectivity index (χ0n) is 10.8. The Morgan fingerprint density at radius 3 is 2.89 bits per heavy atom. The van der Waals surface area contributed by atoms with Crippen LogP contribution in [-0.2, 0) is 11.3 Å². The highest BCUT2D eigenvalue weighted by Crippen LogP contribution is 2.33. The van der Waals surface area contributed by atoms with Crippen LogP contribution >= 0.6 is 0 Å². The summed E-state index contributed by atoms with van der Waals surface area (Å²) >= 11 is 0. The Hall–Kier alpha value is -1.38. The monoisotopic (exact) mass is 241 g/mol. The van der Waals surface area contributed by atoms with Crippen LogP contribution < -0.4 is 5.32 Å². The van der Waals surface area contributed by atoms with Crippen LogP contribution in [0.4, 0.5) is 0 Å². The van der Waals surface area contributed by atoms with Gasteiger partial charge in [0.15, 0.2) is 0 Å². The van der Waals surface area contributed by atoms with Crippen molar-refractivity contribution in [2.75, 3.05) is 20.2 Å². The van der Waals surface area contributed by atoms with Crippen LogP contribution in [0.15, 0.2) is 36.4 Å². The molecule has 1 N–H and O–H groups in total. The molecule has 94 valence electrons.